The van der Waals surface area contributed by atoms with Crippen LogP contribution in [0.15, 0.2) is 83.8 Å². The van der Waals surface area contributed by atoms with Crippen LogP contribution in [0.2, 0.25) is 0 Å². The van der Waals surface area contributed by atoms with Gasteiger partial charge in [0.1, 0.15) is 12.6 Å². The molecule has 0 aromatic heterocycles. The van der Waals surface area contributed by atoms with E-state index in [1.807, 2.05) is 31.2 Å². The van der Waals surface area contributed by atoms with Crippen LogP contribution < -0.4 is 9.62 Å². The summed E-state index contributed by atoms with van der Waals surface area (Å²) in [5.74, 6) is -0.885. The molecule has 11 heteroatoms. The molecule has 1 N–H and O–H groups in total. The molecule has 4 rings (SSSR count). The van der Waals surface area contributed by atoms with Crippen molar-refractivity contribution in [3.63, 3.8) is 0 Å². The number of carbonyl (C=O) groups excluding carboxylic acids is 2. The molecule has 0 radical (unpaired) electrons. The number of carbonyl (C=O) groups is 2. The highest BCUT2D eigenvalue weighted by Gasteiger charge is 2.33. The number of aryl methyl sites for hydroxylation is 1. The highest BCUT2D eigenvalue weighted by Crippen LogP contribution is 2.27. The summed E-state index contributed by atoms with van der Waals surface area (Å²) in [4.78, 5) is 39.2. The quantitative estimate of drug-likeness (QED) is 0.262. The summed E-state index contributed by atoms with van der Waals surface area (Å²) in [6.45, 7) is 3.05. The van der Waals surface area contributed by atoms with Crippen molar-refractivity contribution in [2.24, 2.45) is 0 Å². The van der Waals surface area contributed by atoms with Crippen LogP contribution in [0.5, 0.6) is 0 Å². The molecule has 0 aliphatic heterocycles. The van der Waals surface area contributed by atoms with Gasteiger partial charge in [-0.25, -0.2) is 8.42 Å². The van der Waals surface area contributed by atoms with E-state index in [4.69, 9.17) is 0 Å². The standard InChI is InChI=1S/C30H34N4O6S/c1-22-9-8-10-24(19-22)20-32(23(2)30(36)31-25-11-6-7-12-25)29(35)21-33(26-15-17-27(18-16-26)34(37)38)41(39,40)28-13-4-3-5-14-28/h3-5,8-10,13-19,23,25H,6-7,11-12,20-21H2,1-2H3,(H,31,36)/t23-/m1/s1. The molecule has 216 valence electrons. The minimum absolute atomic E-state index is 0.0385. The largest absolute Gasteiger partial charge is 0.352 e. The molecule has 1 aliphatic carbocycles. The average molecular weight is 579 g/mol. The lowest BCUT2D eigenvalue weighted by Crippen LogP contribution is -2.52. The number of hydrogen-bond donors (Lipinski definition) is 1. The number of benzene rings is 3. The third-order valence-electron chi connectivity index (χ3n) is 7.26. The normalized spacial score (nSPS) is 14.3. The molecule has 0 saturated heterocycles. The van der Waals surface area contributed by atoms with Gasteiger partial charge in [0.15, 0.2) is 0 Å². The molecule has 1 saturated carbocycles. The Morgan fingerprint density at radius 1 is 1.00 bits per heavy atom. The Balaban J connectivity index is 1.69. The number of nitrogens with zero attached hydrogens (tertiary/aromatic N) is 3. The SMILES string of the molecule is Cc1cccc(CN(C(=O)CN(c2ccc([N+](=O)[O-])cc2)S(=O)(=O)c2ccccc2)[C@H](C)C(=O)NC2CCCC2)c1. The lowest BCUT2D eigenvalue weighted by molar-refractivity contribution is -0.384. The van der Waals surface area contributed by atoms with Crippen LogP contribution in [0.1, 0.15) is 43.7 Å². The predicted octanol–water partition coefficient (Wildman–Crippen LogP) is 4.57. The summed E-state index contributed by atoms with van der Waals surface area (Å²) in [5.41, 5.74) is 1.66. The molecule has 3 aromatic carbocycles. The summed E-state index contributed by atoms with van der Waals surface area (Å²) < 4.78 is 28.5. The molecular formula is C30H34N4O6S. The van der Waals surface area contributed by atoms with E-state index in [0.717, 1.165) is 41.1 Å². The van der Waals surface area contributed by atoms with Gasteiger partial charge in [-0.3, -0.25) is 24.0 Å². The Bertz CT molecular complexity index is 1490. The van der Waals surface area contributed by atoms with Crippen LogP contribution >= 0.6 is 0 Å². The van der Waals surface area contributed by atoms with Crippen LogP contribution in [0.4, 0.5) is 11.4 Å². The number of rotatable bonds is 11. The zero-order chi connectivity index (χ0) is 29.6. The van der Waals surface area contributed by atoms with E-state index >= 15 is 0 Å². The summed E-state index contributed by atoms with van der Waals surface area (Å²) in [6.07, 6.45) is 3.83. The Labute approximate surface area is 240 Å². The molecule has 2 amide bonds. The van der Waals surface area contributed by atoms with Crippen molar-refractivity contribution < 1.29 is 22.9 Å². The van der Waals surface area contributed by atoms with E-state index in [9.17, 15) is 28.1 Å². The van der Waals surface area contributed by atoms with Gasteiger partial charge in [-0.2, -0.15) is 0 Å². The molecule has 0 bridgehead atoms. The maximum absolute atomic E-state index is 14.0. The second kappa shape index (κ2) is 12.9. The maximum Gasteiger partial charge on any atom is 0.269 e. The molecule has 0 spiro atoms. The first-order valence-electron chi connectivity index (χ1n) is 13.5. The number of nitrogens with one attached hydrogen (secondary N) is 1. The maximum atomic E-state index is 14.0. The Morgan fingerprint density at radius 3 is 2.27 bits per heavy atom. The Kier molecular flexibility index (Phi) is 9.38. The second-order valence-electron chi connectivity index (χ2n) is 10.3. The van der Waals surface area contributed by atoms with Crippen molar-refractivity contribution in [2.45, 2.75) is 63.1 Å². The van der Waals surface area contributed by atoms with Crippen molar-refractivity contribution >= 4 is 33.2 Å². The van der Waals surface area contributed by atoms with Crippen molar-refractivity contribution in [3.8, 4) is 0 Å². The zero-order valence-electron chi connectivity index (χ0n) is 23.1. The lowest BCUT2D eigenvalue weighted by Gasteiger charge is -2.32. The number of amides is 2. The fraction of sp³-hybridized carbons (Fsp3) is 0.333. The predicted molar refractivity (Wildman–Crippen MR) is 156 cm³/mol. The minimum Gasteiger partial charge on any atom is -0.352 e. The Hall–Kier alpha value is -4.25. The van der Waals surface area contributed by atoms with Gasteiger partial charge in [0.05, 0.1) is 15.5 Å². The second-order valence-corrected chi connectivity index (χ2v) is 12.1. The molecule has 1 atom stereocenters. The van der Waals surface area contributed by atoms with Gasteiger partial charge in [0, 0.05) is 24.7 Å². The monoisotopic (exact) mass is 578 g/mol. The highest BCUT2D eigenvalue weighted by molar-refractivity contribution is 7.92. The van der Waals surface area contributed by atoms with E-state index < -0.39 is 33.4 Å². The molecule has 3 aromatic rings. The number of nitro groups is 1. The third kappa shape index (κ3) is 7.29. The van der Waals surface area contributed by atoms with Crippen molar-refractivity contribution in [1.82, 2.24) is 10.2 Å². The number of nitro benzene ring substituents is 1. The first-order valence-corrected chi connectivity index (χ1v) is 15.0. The van der Waals surface area contributed by atoms with E-state index in [2.05, 4.69) is 5.32 Å². The summed E-state index contributed by atoms with van der Waals surface area (Å²) in [6, 6.07) is 19.4. The average Bonchev–Trinajstić information content (AvgIpc) is 3.47. The van der Waals surface area contributed by atoms with E-state index in [1.165, 1.54) is 41.3 Å². The first kappa shape index (κ1) is 29.7. The molecule has 0 unspecified atom stereocenters. The van der Waals surface area contributed by atoms with Crippen LogP contribution in [-0.4, -0.2) is 48.7 Å². The smallest absolute Gasteiger partial charge is 0.269 e. The van der Waals surface area contributed by atoms with Crippen LogP contribution in [-0.2, 0) is 26.2 Å². The molecular weight excluding hydrogens is 544 g/mol. The fourth-order valence-electron chi connectivity index (χ4n) is 4.97. The van der Waals surface area contributed by atoms with E-state index in [-0.39, 0.29) is 34.8 Å². The highest BCUT2D eigenvalue weighted by atomic mass is 32.2. The topological polar surface area (TPSA) is 130 Å². The molecule has 1 fully saturated rings. The summed E-state index contributed by atoms with van der Waals surface area (Å²) in [5, 5.41) is 14.2. The minimum atomic E-state index is -4.24. The molecule has 1 aliphatic rings. The molecule has 10 nitrogen and oxygen atoms in total. The number of sulfonamides is 1. The summed E-state index contributed by atoms with van der Waals surface area (Å²) in [7, 11) is -4.24. The molecule has 41 heavy (non-hydrogen) atoms. The fourth-order valence-corrected chi connectivity index (χ4v) is 6.41. The van der Waals surface area contributed by atoms with E-state index in [0.29, 0.717) is 0 Å². The Morgan fingerprint density at radius 2 is 1.66 bits per heavy atom. The van der Waals surface area contributed by atoms with Crippen molar-refractivity contribution in [2.75, 3.05) is 10.8 Å². The van der Waals surface area contributed by atoms with Gasteiger partial charge in [-0.05, 0) is 56.5 Å². The van der Waals surface area contributed by atoms with Gasteiger partial charge in [0.2, 0.25) is 11.8 Å². The zero-order valence-corrected chi connectivity index (χ0v) is 23.9. The van der Waals surface area contributed by atoms with Crippen LogP contribution in [0, 0.1) is 17.0 Å². The van der Waals surface area contributed by atoms with Crippen LogP contribution in [0.25, 0.3) is 0 Å². The summed E-state index contributed by atoms with van der Waals surface area (Å²) >= 11 is 0. The lowest BCUT2D eigenvalue weighted by atomic mass is 10.1. The van der Waals surface area contributed by atoms with Crippen LogP contribution in [0.3, 0.4) is 0 Å². The number of hydrogen-bond acceptors (Lipinski definition) is 6. The van der Waals surface area contributed by atoms with Gasteiger partial charge in [0.25, 0.3) is 15.7 Å². The van der Waals surface area contributed by atoms with Crippen molar-refractivity contribution in [3.05, 3.63) is 100 Å². The first-order chi connectivity index (χ1) is 19.6. The number of anilines is 1. The van der Waals surface area contributed by atoms with Gasteiger partial charge >= 0.3 is 0 Å². The van der Waals surface area contributed by atoms with Gasteiger partial charge in [-0.1, -0.05) is 60.9 Å². The van der Waals surface area contributed by atoms with E-state index in [1.54, 1.807) is 25.1 Å². The third-order valence-corrected chi connectivity index (χ3v) is 9.05. The van der Waals surface area contributed by atoms with Gasteiger partial charge < -0.3 is 10.2 Å². The van der Waals surface area contributed by atoms with Crippen molar-refractivity contribution in [1.29, 1.82) is 0 Å². The van der Waals surface area contributed by atoms with Gasteiger partial charge in [-0.15, -0.1) is 0 Å². The number of non-ortho nitro benzene ring substituents is 1. The molecule has 0 heterocycles.